The van der Waals surface area contributed by atoms with Crippen LogP contribution in [0.25, 0.3) is 10.4 Å². The number of halogens is 2. The first-order valence-corrected chi connectivity index (χ1v) is 9.42. The zero-order valence-corrected chi connectivity index (χ0v) is 15.2. The van der Waals surface area contributed by atoms with Gasteiger partial charge >= 0.3 is 0 Å². The van der Waals surface area contributed by atoms with E-state index in [1.54, 1.807) is 29.5 Å². The van der Waals surface area contributed by atoms with Gasteiger partial charge in [-0.2, -0.15) is 0 Å². The maximum atomic E-state index is 13.0. The van der Waals surface area contributed by atoms with E-state index in [0.717, 1.165) is 20.6 Å². The van der Waals surface area contributed by atoms with Gasteiger partial charge in [0.2, 0.25) is 0 Å². The Morgan fingerprint density at radius 1 is 1.04 bits per heavy atom. The highest BCUT2D eigenvalue weighted by molar-refractivity contribution is 9.11. The molecule has 0 unspecified atom stereocenters. The Morgan fingerprint density at radius 3 is 2.52 bits per heavy atom. The number of benzene rings is 1. The average Bonchev–Trinajstić information content (AvgIpc) is 3.17. The van der Waals surface area contributed by atoms with Gasteiger partial charge in [0.05, 0.1) is 8.66 Å². The second-order valence-electron chi connectivity index (χ2n) is 4.88. The van der Waals surface area contributed by atoms with E-state index in [2.05, 4.69) is 27.3 Å². The molecule has 0 fully saturated rings. The molecule has 0 saturated carbocycles. The first-order valence-electron chi connectivity index (χ1n) is 7.00. The van der Waals surface area contributed by atoms with Crippen molar-refractivity contribution < 1.29 is 9.18 Å². The number of amides is 1. The van der Waals surface area contributed by atoms with Crippen LogP contribution in [0.2, 0.25) is 0 Å². The van der Waals surface area contributed by atoms with Crippen molar-refractivity contribution in [1.82, 2.24) is 5.32 Å². The van der Waals surface area contributed by atoms with Crippen molar-refractivity contribution in [2.45, 2.75) is 6.42 Å². The lowest BCUT2D eigenvalue weighted by atomic mass is 10.2. The zero-order valence-electron chi connectivity index (χ0n) is 12.0. The van der Waals surface area contributed by atoms with E-state index in [1.807, 2.05) is 12.1 Å². The molecule has 0 spiro atoms. The van der Waals surface area contributed by atoms with Crippen LogP contribution >= 0.6 is 38.6 Å². The number of thiophene rings is 2. The topological polar surface area (TPSA) is 29.1 Å². The van der Waals surface area contributed by atoms with Crippen LogP contribution in [0, 0.1) is 5.82 Å². The Labute approximate surface area is 150 Å². The number of carbonyl (C=O) groups excluding carboxylic acids is 1. The van der Waals surface area contributed by atoms with Gasteiger partial charge in [-0.25, -0.2) is 4.39 Å². The summed E-state index contributed by atoms with van der Waals surface area (Å²) in [6, 6.07) is 14.1. The number of hydrogen-bond donors (Lipinski definition) is 1. The molecule has 6 heteroatoms. The summed E-state index contributed by atoms with van der Waals surface area (Å²) in [5.41, 5.74) is 0.916. The van der Waals surface area contributed by atoms with Crippen molar-refractivity contribution >= 4 is 44.5 Å². The monoisotopic (exact) mass is 409 g/mol. The highest BCUT2D eigenvalue weighted by Gasteiger charge is 2.10. The Bertz CT molecular complexity index is 810. The normalized spacial score (nSPS) is 10.7. The highest BCUT2D eigenvalue weighted by Crippen LogP contribution is 2.28. The third-order valence-corrected chi connectivity index (χ3v) is 6.06. The molecule has 2 heterocycles. The third-order valence-electron chi connectivity index (χ3n) is 3.24. The lowest BCUT2D eigenvalue weighted by Gasteiger charge is -2.02. The maximum Gasteiger partial charge on any atom is 0.261 e. The van der Waals surface area contributed by atoms with E-state index in [9.17, 15) is 9.18 Å². The van der Waals surface area contributed by atoms with Gasteiger partial charge in [-0.05, 0) is 64.3 Å². The van der Waals surface area contributed by atoms with Gasteiger partial charge in [-0.3, -0.25) is 4.79 Å². The van der Waals surface area contributed by atoms with Crippen LogP contribution in [-0.4, -0.2) is 12.5 Å². The minimum absolute atomic E-state index is 0.0704. The van der Waals surface area contributed by atoms with Crippen LogP contribution < -0.4 is 5.32 Å². The number of nitrogens with one attached hydrogen (secondary N) is 1. The quantitative estimate of drug-likeness (QED) is 0.604. The summed E-state index contributed by atoms with van der Waals surface area (Å²) in [5, 5.41) is 2.93. The molecule has 1 aromatic carbocycles. The molecule has 0 aliphatic heterocycles. The summed E-state index contributed by atoms with van der Waals surface area (Å²) in [6.45, 7) is 0.607. The second-order valence-corrected chi connectivity index (χ2v) is 8.51. The fraction of sp³-hybridized carbons (Fsp3) is 0.118. The van der Waals surface area contributed by atoms with E-state index >= 15 is 0 Å². The van der Waals surface area contributed by atoms with Gasteiger partial charge in [0.25, 0.3) is 5.91 Å². The highest BCUT2D eigenvalue weighted by atomic mass is 79.9. The van der Waals surface area contributed by atoms with Crippen molar-refractivity contribution in [2.24, 2.45) is 0 Å². The molecule has 3 aromatic rings. The number of rotatable bonds is 5. The molecule has 3 rings (SSSR count). The summed E-state index contributed by atoms with van der Waals surface area (Å²) in [4.78, 5) is 15.0. The number of hydrogen-bond acceptors (Lipinski definition) is 3. The molecule has 2 nitrogen and oxygen atoms in total. The van der Waals surface area contributed by atoms with Gasteiger partial charge in [0, 0.05) is 16.3 Å². The van der Waals surface area contributed by atoms with Gasteiger partial charge in [0.1, 0.15) is 5.82 Å². The molecule has 1 N–H and O–H groups in total. The maximum absolute atomic E-state index is 13.0. The summed E-state index contributed by atoms with van der Waals surface area (Å²) in [5.74, 6) is -0.331. The van der Waals surface area contributed by atoms with Crippen LogP contribution in [0.3, 0.4) is 0 Å². The van der Waals surface area contributed by atoms with Gasteiger partial charge in [-0.15, -0.1) is 22.7 Å². The van der Waals surface area contributed by atoms with E-state index in [1.165, 1.54) is 28.3 Å². The fourth-order valence-electron chi connectivity index (χ4n) is 2.10. The number of carbonyl (C=O) groups is 1. The first-order chi connectivity index (χ1) is 11.1. The van der Waals surface area contributed by atoms with Gasteiger partial charge in [-0.1, -0.05) is 12.1 Å². The second kappa shape index (κ2) is 7.38. The van der Waals surface area contributed by atoms with Crippen molar-refractivity contribution in [3.05, 3.63) is 67.9 Å². The molecule has 118 valence electrons. The summed E-state index contributed by atoms with van der Waals surface area (Å²) >= 11 is 6.51. The van der Waals surface area contributed by atoms with E-state index in [-0.39, 0.29) is 11.7 Å². The van der Waals surface area contributed by atoms with E-state index in [0.29, 0.717) is 11.4 Å². The molecule has 0 bridgehead atoms. The van der Waals surface area contributed by atoms with Crippen molar-refractivity contribution in [2.75, 3.05) is 6.54 Å². The predicted octanol–water partition coefficient (Wildman–Crippen LogP) is 5.35. The van der Waals surface area contributed by atoms with Gasteiger partial charge < -0.3 is 5.32 Å². The standard InChI is InChI=1S/C17H13BrFNOS2/c18-16-8-5-13(22-16)9-10-20-17(21)15-7-6-14(23-15)11-1-3-12(19)4-2-11/h1-8H,9-10H2,(H,20,21). The average molecular weight is 410 g/mol. The molecule has 0 saturated heterocycles. The summed E-state index contributed by atoms with van der Waals surface area (Å²) in [7, 11) is 0. The Morgan fingerprint density at radius 2 is 1.83 bits per heavy atom. The van der Waals surface area contributed by atoms with Crippen LogP contribution in [-0.2, 0) is 6.42 Å². The largest absolute Gasteiger partial charge is 0.351 e. The molecule has 0 atom stereocenters. The molecular weight excluding hydrogens is 397 g/mol. The third kappa shape index (κ3) is 4.28. The van der Waals surface area contributed by atoms with Crippen LogP contribution in [0.1, 0.15) is 14.5 Å². The molecule has 23 heavy (non-hydrogen) atoms. The summed E-state index contributed by atoms with van der Waals surface area (Å²) < 4.78 is 14.1. The molecule has 0 aliphatic carbocycles. The minimum atomic E-state index is -0.261. The van der Waals surface area contributed by atoms with Crippen molar-refractivity contribution in [3.8, 4) is 10.4 Å². The first kappa shape index (κ1) is 16.4. The lowest BCUT2D eigenvalue weighted by molar-refractivity contribution is 0.0958. The lowest BCUT2D eigenvalue weighted by Crippen LogP contribution is -2.24. The minimum Gasteiger partial charge on any atom is -0.351 e. The SMILES string of the molecule is O=C(NCCc1ccc(Br)s1)c1ccc(-c2ccc(F)cc2)s1. The molecular formula is C17H13BrFNOS2. The predicted molar refractivity (Wildman–Crippen MR) is 97.8 cm³/mol. The van der Waals surface area contributed by atoms with Crippen LogP contribution in [0.15, 0.2) is 52.3 Å². The van der Waals surface area contributed by atoms with Crippen molar-refractivity contribution in [3.63, 3.8) is 0 Å². The van der Waals surface area contributed by atoms with Crippen LogP contribution in [0.4, 0.5) is 4.39 Å². The zero-order chi connectivity index (χ0) is 16.2. The molecule has 2 aromatic heterocycles. The van der Waals surface area contributed by atoms with E-state index in [4.69, 9.17) is 0 Å². The fourth-order valence-corrected chi connectivity index (χ4v) is 4.51. The molecule has 1 amide bonds. The molecule has 0 radical (unpaired) electrons. The Balaban J connectivity index is 1.58. The smallest absolute Gasteiger partial charge is 0.261 e. The Kier molecular flexibility index (Phi) is 5.25. The van der Waals surface area contributed by atoms with E-state index < -0.39 is 0 Å². The van der Waals surface area contributed by atoms with Crippen LogP contribution in [0.5, 0.6) is 0 Å². The molecule has 0 aliphatic rings. The van der Waals surface area contributed by atoms with Crippen molar-refractivity contribution in [1.29, 1.82) is 0 Å². The van der Waals surface area contributed by atoms with Gasteiger partial charge in [0.15, 0.2) is 0 Å². The summed E-state index contributed by atoms with van der Waals surface area (Å²) in [6.07, 6.45) is 0.818. The Hall–Kier alpha value is -1.50.